The SMILES string of the molecule is COc1ccc([C@@H]2[C@H](C(=O)Nc3cccc(OC)c3)c3cc(OC)c(OC)cc3C(=O)N2C)cc1. The Morgan fingerprint density at radius 2 is 1.49 bits per heavy atom. The Morgan fingerprint density at radius 1 is 0.829 bits per heavy atom. The van der Waals surface area contributed by atoms with Crippen molar-refractivity contribution < 1.29 is 28.5 Å². The maximum atomic E-state index is 13.9. The lowest BCUT2D eigenvalue weighted by atomic mass is 9.79. The first-order valence-electron chi connectivity index (χ1n) is 11.0. The topological polar surface area (TPSA) is 86.3 Å². The van der Waals surface area contributed by atoms with Gasteiger partial charge in [0, 0.05) is 24.4 Å². The van der Waals surface area contributed by atoms with Crippen LogP contribution in [-0.2, 0) is 4.79 Å². The third kappa shape index (κ3) is 4.47. The van der Waals surface area contributed by atoms with Gasteiger partial charge in [-0.2, -0.15) is 0 Å². The highest BCUT2D eigenvalue weighted by Crippen LogP contribution is 2.46. The van der Waals surface area contributed by atoms with Gasteiger partial charge in [-0.3, -0.25) is 9.59 Å². The molecule has 2 amide bonds. The molecule has 3 aromatic carbocycles. The van der Waals surface area contributed by atoms with Gasteiger partial charge in [0.15, 0.2) is 11.5 Å². The van der Waals surface area contributed by atoms with Crippen LogP contribution >= 0.6 is 0 Å². The van der Waals surface area contributed by atoms with Crippen molar-refractivity contribution in [1.29, 1.82) is 0 Å². The number of amides is 2. The molecule has 4 rings (SSSR count). The maximum absolute atomic E-state index is 13.9. The minimum absolute atomic E-state index is 0.216. The van der Waals surface area contributed by atoms with Crippen LogP contribution in [0.3, 0.4) is 0 Å². The van der Waals surface area contributed by atoms with Gasteiger partial charge in [0.2, 0.25) is 5.91 Å². The fourth-order valence-corrected chi connectivity index (χ4v) is 4.47. The molecule has 182 valence electrons. The van der Waals surface area contributed by atoms with Gasteiger partial charge in [0.05, 0.1) is 40.4 Å². The summed E-state index contributed by atoms with van der Waals surface area (Å²) in [4.78, 5) is 28.9. The summed E-state index contributed by atoms with van der Waals surface area (Å²) in [5, 5.41) is 3.00. The van der Waals surface area contributed by atoms with E-state index in [9.17, 15) is 9.59 Å². The first kappa shape index (κ1) is 23.9. The monoisotopic (exact) mass is 476 g/mol. The normalized spacial score (nSPS) is 16.8. The molecule has 0 unspecified atom stereocenters. The summed E-state index contributed by atoms with van der Waals surface area (Å²) < 4.78 is 21.5. The van der Waals surface area contributed by atoms with E-state index in [1.54, 1.807) is 62.6 Å². The molecule has 0 bridgehead atoms. The number of nitrogens with zero attached hydrogens (tertiary/aromatic N) is 1. The van der Waals surface area contributed by atoms with Crippen molar-refractivity contribution in [2.45, 2.75) is 12.0 Å². The predicted molar refractivity (Wildman–Crippen MR) is 132 cm³/mol. The van der Waals surface area contributed by atoms with Crippen LogP contribution in [0.5, 0.6) is 23.0 Å². The van der Waals surface area contributed by atoms with E-state index in [2.05, 4.69) is 5.32 Å². The van der Waals surface area contributed by atoms with Crippen LogP contribution in [0.25, 0.3) is 0 Å². The zero-order valence-electron chi connectivity index (χ0n) is 20.3. The van der Waals surface area contributed by atoms with E-state index in [1.807, 2.05) is 24.3 Å². The number of carbonyl (C=O) groups excluding carboxylic acids is 2. The van der Waals surface area contributed by atoms with Crippen molar-refractivity contribution in [3.8, 4) is 23.0 Å². The fraction of sp³-hybridized carbons (Fsp3) is 0.259. The highest BCUT2D eigenvalue weighted by molar-refractivity contribution is 6.05. The average Bonchev–Trinajstić information content (AvgIpc) is 2.89. The lowest BCUT2D eigenvalue weighted by Gasteiger charge is -2.40. The number of methoxy groups -OCH3 is 4. The first-order chi connectivity index (χ1) is 16.9. The molecule has 0 aromatic heterocycles. The zero-order valence-corrected chi connectivity index (χ0v) is 20.3. The van der Waals surface area contributed by atoms with Crippen molar-refractivity contribution in [2.75, 3.05) is 40.8 Å². The van der Waals surface area contributed by atoms with Crippen LogP contribution in [0.4, 0.5) is 5.69 Å². The molecule has 35 heavy (non-hydrogen) atoms. The van der Waals surface area contributed by atoms with E-state index in [0.29, 0.717) is 39.8 Å². The number of fused-ring (bicyclic) bond motifs is 1. The van der Waals surface area contributed by atoms with Crippen LogP contribution in [0.2, 0.25) is 0 Å². The molecule has 0 fully saturated rings. The first-order valence-corrected chi connectivity index (χ1v) is 11.0. The molecule has 8 heteroatoms. The molecule has 3 aromatic rings. The number of hydrogen-bond donors (Lipinski definition) is 1. The van der Waals surface area contributed by atoms with Gasteiger partial charge >= 0.3 is 0 Å². The number of likely N-dealkylation sites (N-methyl/N-ethyl adjacent to an activating group) is 1. The predicted octanol–water partition coefficient (Wildman–Crippen LogP) is 4.27. The summed E-state index contributed by atoms with van der Waals surface area (Å²) >= 11 is 0. The summed E-state index contributed by atoms with van der Waals surface area (Å²) in [5.74, 6) is 0.949. The smallest absolute Gasteiger partial charge is 0.254 e. The van der Waals surface area contributed by atoms with Gasteiger partial charge in [-0.15, -0.1) is 0 Å². The highest BCUT2D eigenvalue weighted by Gasteiger charge is 2.43. The van der Waals surface area contributed by atoms with Crippen LogP contribution in [0.15, 0.2) is 60.7 Å². The standard InChI is InChI=1S/C27H28N2O6/c1-29-25(16-9-11-18(32-2)12-10-16)24(26(30)28-17-7-6-8-19(13-17)33-3)20-14-22(34-4)23(35-5)15-21(20)27(29)31/h6-15,24-25H,1-5H3,(H,28,30)/t24-,25-/m1/s1. The van der Waals surface area contributed by atoms with Crippen LogP contribution in [0, 0.1) is 0 Å². The van der Waals surface area contributed by atoms with Gasteiger partial charge < -0.3 is 29.2 Å². The lowest BCUT2D eigenvalue weighted by Crippen LogP contribution is -2.44. The minimum Gasteiger partial charge on any atom is -0.497 e. The molecule has 1 heterocycles. The second-order valence-corrected chi connectivity index (χ2v) is 8.13. The number of carbonyl (C=O) groups is 2. The Labute approximate surface area is 204 Å². The molecule has 0 aliphatic carbocycles. The molecule has 0 spiro atoms. The molecule has 0 radical (unpaired) electrons. The molecule has 8 nitrogen and oxygen atoms in total. The van der Waals surface area contributed by atoms with E-state index in [0.717, 1.165) is 5.56 Å². The molecular formula is C27H28N2O6. The van der Waals surface area contributed by atoms with Crippen molar-refractivity contribution in [1.82, 2.24) is 4.90 Å². The van der Waals surface area contributed by atoms with Gasteiger partial charge in [0.1, 0.15) is 11.5 Å². The van der Waals surface area contributed by atoms with Crippen molar-refractivity contribution in [3.63, 3.8) is 0 Å². The molecule has 2 atom stereocenters. The Bertz CT molecular complexity index is 1240. The maximum Gasteiger partial charge on any atom is 0.254 e. The Kier molecular flexibility index (Phi) is 6.82. The molecular weight excluding hydrogens is 448 g/mol. The van der Waals surface area contributed by atoms with Gasteiger partial charge in [-0.25, -0.2) is 0 Å². The summed E-state index contributed by atoms with van der Waals surface area (Å²) in [6, 6.07) is 17.3. The third-order valence-corrected chi connectivity index (χ3v) is 6.25. The molecule has 1 aliphatic heterocycles. The third-order valence-electron chi connectivity index (χ3n) is 6.25. The number of rotatable bonds is 7. The van der Waals surface area contributed by atoms with Crippen molar-refractivity contribution >= 4 is 17.5 Å². The molecule has 1 N–H and O–H groups in total. The number of benzene rings is 3. The Balaban J connectivity index is 1.86. The summed E-state index contributed by atoms with van der Waals surface area (Å²) in [6.07, 6.45) is 0. The molecule has 1 aliphatic rings. The second kappa shape index (κ2) is 9.97. The zero-order chi connectivity index (χ0) is 25.1. The van der Waals surface area contributed by atoms with Crippen LogP contribution in [0.1, 0.15) is 33.4 Å². The van der Waals surface area contributed by atoms with Crippen LogP contribution in [-0.4, -0.2) is 52.2 Å². The van der Waals surface area contributed by atoms with Gasteiger partial charge in [-0.1, -0.05) is 18.2 Å². The Morgan fingerprint density at radius 3 is 2.11 bits per heavy atom. The van der Waals surface area contributed by atoms with E-state index in [4.69, 9.17) is 18.9 Å². The second-order valence-electron chi connectivity index (χ2n) is 8.13. The van der Waals surface area contributed by atoms with Crippen LogP contribution < -0.4 is 24.3 Å². The quantitative estimate of drug-likeness (QED) is 0.548. The Hall–Kier alpha value is -4.20. The minimum atomic E-state index is -0.730. The number of anilines is 1. The molecule has 0 saturated heterocycles. The fourth-order valence-electron chi connectivity index (χ4n) is 4.47. The van der Waals surface area contributed by atoms with Gasteiger partial charge in [0.25, 0.3) is 5.91 Å². The average molecular weight is 477 g/mol. The highest BCUT2D eigenvalue weighted by atomic mass is 16.5. The summed E-state index contributed by atoms with van der Waals surface area (Å²) in [5.41, 5.74) is 2.34. The van der Waals surface area contributed by atoms with E-state index in [-0.39, 0.29) is 11.8 Å². The van der Waals surface area contributed by atoms with Crippen molar-refractivity contribution in [2.24, 2.45) is 0 Å². The van der Waals surface area contributed by atoms with Crippen molar-refractivity contribution in [3.05, 3.63) is 77.4 Å². The number of ether oxygens (including phenoxy) is 4. The molecule has 0 saturated carbocycles. The number of nitrogens with one attached hydrogen (secondary N) is 1. The number of hydrogen-bond acceptors (Lipinski definition) is 6. The van der Waals surface area contributed by atoms with Gasteiger partial charge in [-0.05, 0) is 47.5 Å². The summed E-state index contributed by atoms with van der Waals surface area (Å²) in [7, 11) is 7.88. The lowest BCUT2D eigenvalue weighted by molar-refractivity contribution is -0.119. The summed E-state index contributed by atoms with van der Waals surface area (Å²) in [6.45, 7) is 0. The van der Waals surface area contributed by atoms with E-state index in [1.165, 1.54) is 14.2 Å². The largest absolute Gasteiger partial charge is 0.497 e. The van der Waals surface area contributed by atoms with E-state index < -0.39 is 12.0 Å². The van der Waals surface area contributed by atoms with E-state index >= 15 is 0 Å².